The summed E-state index contributed by atoms with van der Waals surface area (Å²) in [4.78, 5) is 62.6. The summed E-state index contributed by atoms with van der Waals surface area (Å²) in [6, 6.07) is 3.32. The van der Waals surface area contributed by atoms with Gasteiger partial charge in [-0.3, -0.25) is 24.0 Å². The molecule has 60 heavy (non-hydrogen) atoms. The molecule has 7 atom stereocenters. The molecule has 3 heterocycles. The standard InChI is InChI=1S/C41H54F3N5O10S/c1-8-24-17-23(2)11-9-10-12-26-21-40(26,36(52)47-60(55,56)39(5)15-16-39)46-33(50)30-20-28(59-34-29-14-13-27(57-6)18-25(29)19-31(45-34)58-7)22-48(30)35(51)32(24)49(37(53)54)38(3,4)41(42,43)44/h10,12-14,18-19,23-24,26,28,30,32H,8-9,11,15-17,20-22H2,1-7H3,(H,46,50)(H,47,52)(H,53,54)/t23-,24-,26-,28-,30+,32+,40-/m1/s1. The van der Waals surface area contributed by atoms with Crippen LogP contribution in [0.1, 0.15) is 86.0 Å². The summed E-state index contributed by atoms with van der Waals surface area (Å²) >= 11 is 0. The van der Waals surface area contributed by atoms with Crippen LogP contribution in [0, 0.1) is 17.8 Å². The maximum atomic E-state index is 15.2. The molecular weight excluding hydrogens is 812 g/mol. The summed E-state index contributed by atoms with van der Waals surface area (Å²) in [5, 5.41) is 14.4. The molecule has 2 aromatic rings. The number of sulfonamides is 1. The van der Waals surface area contributed by atoms with Crippen LogP contribution in [0.4, 0.5) is 18.0 Å². The molecule has 1 saturated heterocycles. The number of hydrogen-bond donors (Lipinski definition) is 3. The Morgan fingerprint density at radius 3 is 2.42 bits per heavy atom. The van der Waals surface area contributed by atoms with Crippen LogP contribution in [0.5, 0.6) is 17.5 Å². The maximum absolute atomic E-state index is 15.2. The van der Waals surface area contributed by atoms with E-state index >= 15 is 4.79 Å². The summed E-state index contributed by atoms with van der Waals surface area (Å²) in [5.74, 6) is -3.87. The molecule has 2 aliphatic heterocycles. The topological polar surface area (TPSA) is 194 Å². The zero-order valence-corrected chi connectivity index (χ0v) is 35.6. The average molecular weight is 866 g/mol. The fourth-order valence-corrected chi connectivity index (χ4v) is 9.74. The van der Waals surface area contributed by atoms with E-state index in [0.29, 0.717) is 56.1 Å². The smallest absolute Gasteiger partial charge is 0.411 e. The second-order valence-electron chi connectivity index (χ2n) is 17.4. The molecule has 6 rings (SSSR count). The van der Waals surface area contributed by atoms with Gasteiger partial charge < -0.3 is 29.5 Å². The molecule has 4 aliphatic rings. The quantitative estimate of drug-likeness (QED) is 0.253. The predicted molar refractivity (Wildman–Crippen MR) is 213 cm³/mol. The Kier molecular flexibility index (Phi) is 12.1. The van der Waals surface area contributed by atoms with E-state index in [-0.39, 0.29) is 54.8 Å². The van der Waals surface area contributed by atoms with Crippen molar-refractivity contribution in [2.75, 3.05) is 20.8 Å². The van der Waals surface area contributed by atoms with Gasteiger partial charge in [-0.05, 0) is 94.7 Å². The highest BCUT2D eigenvalue weighted by molar-refractivity contribution is 7.91. The highest BCUT2D eigenvalue weighted by Gasteiger charge is 2.64. The molecule has 330 valence electrons. The Bertz CT molecular complexity index is 2160. The van der Waals surface area contributed by atoms with Gasteiger partial charge in [-0.1, -0.05) is 32.4 Å². The number of halogens is 3. The van der Waals surface area contributed by atoms with Gasteiger partial charge in [0.25, 0.3) is 5.91 Å². The van der Waals surface area contributed by atoms with Crippen molar-refractivity contribution < 1.29 is 60.1 Å². The summed E-state index contributed by atoms with van der Waals surface area (Å²) < 4.78 is 89.2. The lowest BCUT2D eigenvalue weighted by molar-refractivity contribution is -0.222. The monoisotopic (exact) mass is 865 g/mol. The van der Waals surface area contributed by atoms with Gasteiger partial charge in [0.1, 0.15) is 35.0 Å². The highest BCUT2D eigenvalue weighted by Crippen LogP contribution is 2.48. The lowest BCUT2D eigenvalue weighted by Gasteiger charge is -2.46. The van der Waals surface area contributed by atoms with Crippen molar-refractivity contribution in [3.05, 3.63) is 36.4 Å². The summed E-state index contributed by atoms with van der Waals surface area (Å²) in [6.45, 7) is 6.07. The minimum absolute atomic E-state index is 0.0414. The van der Waals surface area contributed by atoms with E-state index in [1.54, 1.807) is 37.3 Å². The molecule has 3 fully saturated rings. The van der Waals surface area contributed by atoms with Crippen LogP contribution in [0.3, 0.4) is 0 Å². The van der Waals surface area contributed by atoms with Crippen molar-refractivity contribution in [3.8, 4) is 17.5 Å². The van der Waals surface area contributed by atoms with Crippen LogP contribution >= 0.6 is 0 Å². The number of nitrogens with one attached hydrogen (secondary N) is 2. The molecule has 0 radical (unpaired) electrons. The molecular formula is C41H54F3N5O10S. The number of methoxy groups -OCH3 is 2. The Hall–Kier alpha value is -4.81. The van der Waals surface area contributed by atoms with Crippen molar-refractivity contribution >= 4 is 44.6 Å². The van der Waals surface area contributed by atoms with Crippen LogP contribution in [0.2, 0.25) is 0 Å². The van der Waals surface area contributed by atoms with E-state index in [1.807, 2.05) is 13.0 Å². The average Bonchev–Trinajstić information content (AvgIpc) is 4.06. The molecule has 2 saturated carbocycles. The predicted octanol–water partition coefficient (Wildman–Crippen LogP) is 5.57. The lowest BCUT2D eigenvalue weighted by Crippen LogP contribution is -2.66. The van der Waals surface area contributed by atoms with Crippen molar-refractivity contribution in [2.24, 2.45) is 17.8 Å². The first-order valence-electron chi connectivity index (χ1n) is 20.2. The number of alkyl halides is 3. The normalized spacial score (nSPS) is 28.3. The minimum atomic E-state index is -5.11. The first kappa shape index (κ1) is 44.7. The molecule has 1 aromatic heterocycles. The number of fused-ring (bicyclic) bond motifs is 3. The molecule has 0 spiro atoms. The number of pyridine rings is 1. The number of ether oxygens (including phenoxy) is 3. The Morgan fingerprint density at radius 1 is 1.12 bits per heavy atom. The summed E-state index contributed by atoms with van der Waals surface area (Å²) in [7, 11) is -1.24. The number of amides is 4. The zero-order chi connectivity index (χ0) is 44.2. The summed E-state index contributed by atoms with van der Waals surface area (Å²) in [5.41, 5.74) is -4.78. The summed E-state index contributed by atoms with van der Waals surface area (Å²) in [6.07, 6.45) is -2.80. The zero-order valence-electron chi connectivity index (χ0n) is 34.8. The number of hydrogen-bond acceptors (Lipinski definition) is 10. The molecule has 15 nitrogen and oxygen atoms in total. The van der Waals surface area contributed by atoms with Crippen molar-refractivity contribution in [2.45, 2.75) is 126 Å². The van der Waals surface area contributed by atoms with Crippen LogP contribution in [0.25, 0.3) is 10.8 Å². The highest BCUT2D eigenvalue weighted by atomic mass is 32.2. The van der Waals surface area contributed by atoms with E-state index in [0.717, 1.165) is 4.90 Å². The third-order valence-corrected chi connectivity index (χ3v) is 15.0. The Balaban J connectivity index is 1.45. The Morgan fingerprint density at radius 2 is 1.82 bits per heavy atom. The van der Waals surface area contributed by atoms with Crippen molar-refractivity contribution in [1.82, 2.24) is 24.8 Å². The molecule has 0 bridgehead atoms. The van der Waals surface area contributed by atoms with Crippen LogP contribution in [0.15, 0.2) is 36.4 Å². The number of carbonyl (C=O) groups is 4. The van der Waals surface area contributed by atoms with Crippen molar-refractivity contribution in [1.29, 1.82) is 0 Å². The van der Waals surface area contributed by atoms with Crippen LogP contribution in [-0.4, -0.2) is 113 Å². The molecule has 0 unspecified atom stereocenters. The Labute approximate surface area is 347 Å². The van der Waals surface area contributed by atoms with Gasteiger partial charge >= 0.3 is 12.3 Å². The molecule has 3 N–H and O–H groups in total. The van der Waals surface area contributed by atoms with Crippen LogP contribution < -0.4 is 24.2 Å². The number of carboxylic acid groups (broad SMARTS) is 1. The van der Waals surface area contributed by atoms with Gasteiger partial charge in [-0.15, -0.1) is 0 Å². The second kappa shape index (κ2) is 16.2. The number of rotatable bonds is 10. The second-order valence-corrected chi connectivity index (χ2v) is 19.6. The first-order chi connectivity index (χ1) is 28.0. The molecule has 19 heteroatoms. The van der Waals surface area contributed by atoms with Crippen LogP contribution in [-0.2, 0) is 24.4 Å². The fraction of sp³-hybridized carbons (Fsp3) is 0.634. The van der Waals surface area contributed by atoms with Gasteiger partial charge in [0.05, 0.1) is 25.5 Å². The van der Waals surface area contributed by atoms with Gasteiger partial charge in [0, 0.05) is 23.8 Å². The minimum Gasteiger partial charge on any atom is -0.497 e. The maximum Gasteiger partial charge on any atom is 0.411 e. The SMILES string of the molecule is CC[C@@H]1C[C@H](C)CCC=C[C@@H]2C[C@@]2(C(=O)NS(=O)(=O)C2(C)CC2)NC(=O)[C@@H]2C[C@@H](Oc3nc(OC)cc4cc(OC)ccc34)CN2C(=O)[C@H]1N(C(=O)O)C(C)(C)C(F)(F)F. The van der Waals surface area contributed by atoms with Gasteiger partial charge in [0.15, 0.2) is 0 Å². The van der Waals surface area contributed by atoms with E-state index in [2.05, 4.69) is 15.0 Å². The molecule has 2 aliphatic carbocycles. The van der Waals surface area contributed by atoms with E-state index < -0.39 is 85.9 Å². The number of nitrogens with zero attached hydrogens (tertiary/aromatic N) is 3. The number of allylic oxidation sites excluding steroid dienone is 1. The number of aromatic nitrogens is 1. The number of benzene rings is 1. The fourth-order valence-electron chi connectivity index (χ4n) is 8.43. The van der Waals surface area contributed by atoms with E-state index in [1.165, 1.54) is 21.1 Å². The lowest BCUT2D eigenvalue weighted by atomic mass is 9.82. The van der Waals surface area contributed by atoms with Gasteiger partial charge in [-0.25, -0.2) is 13.2 Å². The first-order valence-corrected chi connectivity index (χ1v) is 21.6. The third-order valence-electron chi connectivity index (χ3n) is 12.8. The number of carbonyl (C=O) groups excluding carboxylic acids is 3. The third kappa shape index (κ3) is 8.42. The van der Waals surface area contributed by atoms with E-state index in [9.17, 15) is 41.1 Å². The van der Waals surface area contributed by atoms with Crippen molar-refractivity contribution in [3.63, 3.8) is 0 Å². The van der Waals surface area contributed by atoms with Gasteiger partial charge in [0.2, 0.25) is 33.6 Å². The van der Waals surface area contributed by atoms with Gasteiger partial charge in [-0.2, -0.15) is 18.2 Å². The van der Waals surface area contributed by atoms with E-state index in [4.69, 9.17) is 14.2 Å². The molecule has 1 aromatic carbocycles. The largest absolute Gasteiger partial charge is 0.497 e. The molecule has 4 amide bonds.